The zero-order valence-electron chi connectivity index (χ0n) is 12.6. The molecule has 0 amide bonds. The van der Waals surface area contributed by atoms with Crippen molar-refractivity contribution in [2.75, 3.05) is 0 Å². The van der Waals surface area contributed by atoms with E-state index in [1.54, 1.807) is 0 Å². The van der Waals surface area contributed by atoms with Crippen molar-refractivity contribution in [2.24, 2.45) is 0 Å². The van der Waals surface area contributed by atoms with E-state index in [1.165, 1.54) is 36.2 Å². The fourth-order valence-corrected chi connectivity index (χ4v) is 2.60. The second-order valence-electron chi connectivity index (χ2n) is 6.15. The van der Waals surface area contributed by atoms with Gasteiger partial charge in [-0.15, -0.1) is 0 Å². The first-order valence-electron chi connectivity index (χ1n) is 7.66. The Balaban J connectivity index is 1.79. The van der Waals surface area contributed by atoms with Crippen molar-refractivity contribution >= 4 is 0 Å². The van der Waals surface area contributed by atoms with Gasteiger partial charge in [0, 0.05) is 29.8 Å². The number of benzene rings is 1. The summed E-state index contributed by atoms with van der Waals surface area (Å²) in [6, 6.07) is 7.16. The predicted molar refractivity (Wildman–Crippen MR) is 81.7 cm³/mol. The second-order valence-corrected chi connectivity index (χ2v) is 6.15. The van der Waals surface area contributed by atoms with E-state index in [9.17, 15) is 4.39 Å². The zero-order chi connectivity index (χ0) is 14.8. The van der Waals surface area contributed by atoms with Gasteiger partial charge in [0.05, 0.1) is 12.7 Å². The van der Waals surface area contributed by atoms with Crippen LogP contribution in [0.4, 0.5) is 4.39 Å². The third-order valence-corrected chi connectivity index (χ3v) is 3.87. The Morgan fingerprint density at radius 2 is 2.00 bits per heavy atom. The Bertz CT molecular complexity index is 597. The van der Waals surface area contributed by atoms with Crippen LogP contribution in [-0.2, 0) is 13.1 Å². The van der Waals surface area contributed by atoms with Crippen LogP contribution in [0.3, 0.4) is 0 Å². The molecule has 1 saturated carbocycles. The van der Waals surface area contributed by atoms with Crippen molar-refractivity contribution in [1.82, 2.24) is 15.1 Å². The molecule has 3 nitrogen and oxygen atoms in total. The van der Waals surface area contributed by atoms with E-state index in [4.69, 9.17) is 0 Å². The third kappa shape index (κ3) is 3.50. The first-order chi connectivity index (χ1) is 10.1. The molecule has 0 bridgehead atoms. The molecule has 0 saturated heterocycles. The lowest BCUT2D eigenvalue weighted by molar-refractivity contribution is 0.581. The maximum Gasteiger partial charge on any atom is 0.123 e. The highest BCUT2D eigenvalue weighted by atomic mass is 19.1. The molecule has 1 aromatic carbocycles. The average Bonchev–Trinajstić information content (AvgIpc) is 3.21. The fourth-order valence-electron chi connectivity index (χ4n) is 2.60. The van der Waals surface area contributed by atoms with E-state index in [2.05, 4.69) is 28.9 Å². The maximum absolute atomic E-state index is 13.0. The van der Waals surface area contributed by atoms with E-state index in [1.807, 2.05) is 18.3 Å². The third-order valence-electron chi connectivity index (χ3n) is 3.87. The van der Waals surface area contributed by atoms with Gasteiger partial charge in [0.15, 0.2) is 0 Å². The van der Waals surface area contributed by atoms with Crippen molar-refractivity contribution in [3.05, 3.63) is 53.1 Å². The molecule has 112 valence electrons. The number of nitrogens with zero attached hydrogens (tertiary/aromatic N) is 2. The Kier molecular flexibility index (Phi) is 4.06. The van der Waals surface area contributed by atoms with Crippen LogP contribution in [0, 0.1) is 5.82 Å². The summed E-state index contributed by atoms with van der Waals surface area (Å²) in [5.74, 6) is 0.459. The minimum Gasteiger partial charge on any atom is -0.310 e. The fraction of sp³-hybridized carbons (Fsp3) is 0.471. The molecule has 1 aromatic heterocycles. The van der Waals surface area contributed by atoms with Crippen molar-refractivity contribution in [2.45, 2.75) is 51.7 Å². The number of halogens is 1. The van der Waals surface area contributed by atoms with Gasteiger partial charge in [0.25, 0.3) is 0 Å². The number of nitrogens with one attached hydrogen (secondary N) is 1. The first-order valence-corrected chi connectivity index (χ1v) is 7.66. The molecular formula is C17H22FN3. The molecule has 1 N–H and O–H groups in total. The molecule has 0 aliphatic heterocycles. The predicted octanol–water partition coefficient (Wildman–Crippen LogP) is 3.45. The van der Waals surface area contributed by atoms with Gasteiger partial charge in [-0.05, 0) is 30.5 Å². The summed E-state index contributed by atoms with van der Waals surface area (Å²) in [6.45, 7) is 5.89. The van der Waals surface area contributed by atoms with Crippen LogP contribution < -0.4 is 5.32 Å². The number of hydrogen-bond acceptors (Lipinski definition) is 2. The van der Waals surface area contributed by atoms with Crippen molar-refractivity contribution in [3.8, 4) is 0 Å². The summed E-state index contributed by atoms with van der Waals surface area (Å²) in [5, 5.41) is 8.02. The Labute approximate surface area is 125 Å². The van der Waals surface area contributed by atoms with Crippen LogP contribution in [0.1, 0.15) is 49.4 Å². The van der Waals surface area contributed by atoms with Crippen LogP contribution in [-0.4, -0.2) is 15.8 Å². The minimum absolute atomic E-state index is 0.191. The molecule has 3 rings (SSSR count). The lowest BCUT2D eigenvalue weighted by atomic mass is 10.1. The highest BCUT2D eigenvalue weighted by Crippen LogP contribution is 2.41. The highest BCUT2D eigenvalue weighted by molar-refractivity contribution is 5.27. The Morgan fingerprint density at radius 1 is 1.29 bits per heavy atom. The van der Waals surface area contributed by atoms with Crippen molar-refractivity contribution in [3.63, 3.8) is 0 Å². The Hall–Kier alpha value is -1.68. The molecule has 0 atom stereocenters. The van der Waals surface area contributed by atoms with Gasteiger partial charge in [-0.25, -0.2) is 4.39 Å². The monoisotopic (exact) mass is 287 g/mol. The molecule has 1 aliphatic rings. The summed E-state index contributed by atoms with van der Waals surface area (Å²) >= 11 is 0. The van der Waals surface area contributed by atoms with Crippen LogP contribution in [0.5, 0.6) is 0 Å². The molecule has 1 heterocycles. The highest BCUT2D eigenvalue weighted by Gasteiger charge is 2.30. The number of rotatable bonds is 6. The maximum atomic E-state index is 13.0. The molecule has 2 aromatic rings. The summed E-state index contributed by atoms with van der Waals surface area (Å²) in [5.41, 5.74) is 3.74. The van der Waals surface area contributed by atoms with E-state index in [0.717, 1.165) is 12.1 Å². The van der Waals surface area contributed by atoms with Crippen LogP contribution in [0.15, 0.2) is 30.5 Å². The van der Waals surface area contributed by atoms with Gasteiger partial charge < -0.3 is 5.32 Å². The van der Waals surface area contributed by atoms with Crippen LogP contribution in [0.25, 0.3) is 0 Å². The van der Waals surface area contributed by atoms with E-state index >= 15 is 0 Å². The van der Waals surface area contributed by atoms with Gasteiger partial charge in [-0.3, -0.25) is 4.68 Å². The molecular weight excluding hydrogens is 265 g/mol. The molecule has 0 spiro atoms. The van der Waals surface area contributed by atoms with Crippen LogP contribution >= 0.6 is 0 Å². The molecule has 1 aliphatic carbocycles. The van der Waals surface area contributed by atoms with Crippen LogP contribution in [0.2, 0.25) is 0 Å². The summed E-state index contributed by atoms with van der Waals surface area (Å²) in [7, 11) is 0. The molecule has 0 radical (unpaired) electrons. The molecule has 21 heavy (non-hydrogen) atoms. The topological polar surface area (TPSA) is 29.9 Å². The van der Waals surface area contributed by atoms with Gasteiger partial charge in [-0.1, -0.05) is 26.0 Å². The first kappa shape index (κ1) is 14.3. The van der Waals surface area contributed by atoms with Gasteiger partial charge in [0.2, 0.25) is 0 Å². The molecule has 4 heteroatoms. The van der Waals surface area contributed by atoms with Gasteiger partial charge >= 0.3 is 0 Å². The summed E-state index contributed by atoms with van der Waals surface area (Å²) < 4.78 is 15.1. The summed E-state index contributed by atoms with van der Waals surface area (Å²) in [6.07, 6.45) is 4.49. The van der Waals surface area contributed by atoms with Crippen molar-refractivity contribution in [1.29, 1.82) is 0 Å². The normalized spacial score (nSPS) is 14.9. The summed E-state index contributed by atoms with van der Waals surface area (Å²) in [4.78, 5) is 0. The lowest BCUT2D eigenvalue weighted by Crippen LogP contribution is -2.22. The standard InChI is InChI=1S/C17H22FN3/c1-12(2)19-9-15-10-20-21(17(15)14-5-6-14)11-13-3-7-16(18)8-4-13/h3-4,7-8,10,12,14,19H,5-6,9,11H2,1-2H3. The Morgan fingerprint density at radius 3 is 2.62 bits per heavy atom. The van der Waals surface area contributed by atoms with E-state index in [0.29, 0.717) is 18.5 Å². The number of aromatic nitrogens is 2. The molecule has 1 fully saturated rings. The van der Waals surface area contributed by atoms with Crippen molar-refractivity contribution < 1.29 is 4.39 Å². The van der Waals surface area contributed by atoms with Gasteiger partial charge in [0.1, 0.15) is 5.82 Å². The number of hydrogen-bond donors (Lipinski definition) is 1. The lowest BCUT2D eigenvalue weighted by Gasteiger charge is -2.11. The average molecular weight is 287 g/mol. The SMILES string of the molecule is CC(C)NCc1cnn(Cc2ccc(F)cc2)c1C1CC1. The largest absolute Gasteiger partial charge is 0.310 e. The van der Waals surface area contributed by atoms with E-state index < -0.39 is 0 Å². The van der Waals surface area contributed by atoms with E-state index in [-0.39, 0.29) is 5.82 Å². The minimum atomic E-state index is -0.191. The second kappa shape index (κ2) is 5.98. The smallest absolute Gasteiger partial charge is 0.123 e. The molecule has 0 unspecified atom stereocenters. The zero-order valence-corrected chi connectivity index (χ0v) is 12.6. The quantitative estimate of drug-likeness (QED) is 0.882. The van der Waals surface area contributed by atoms with Gasteiger partial charge in [-0.2, -0.15) is 5.10 Å².